The van der Waals surface area contributed by atoms with E-state index in [4.69, 9.17) is 11.5 Å². The minimum absolute atomic E-state index is 0.546. The molecule has 0 fully saturated rings. The van der Waals surface area contributed by atoms with E-state index in [9.17, 15) is 19.0 Å². The highest BCUT2D eigenvalue weighted by Gasteiger charge is 2.57. The Kier molecular flexibility index (Phi) is 12.2. The van der Waals surface area contributed by atoms with Gasteiger partial charge in [-0.2, -0.15) is 17.6 Å². The van der Waals surface area contributed by atoms with E-state index in [1.54, 1.807) is 13.8 Å². The highest BCUT2D eigenvalue weighted by Crippen LogP contribution is 2.46. The highest BCUT2D eigenvalue weighted by molar-refractivity contribution is 5.63. The molecule has 0 bridgehead atoms. The first-order valence-corrected chi connectivity index (χ1v) is 17.6. The van der Waals surface area contributed by atoms with E-state index in [2.05, 4.69) is 9.97 Å². The van der Waals surface area contributed by atoms with Crippen LogP contribution in [0, 0.1) is 39.3 Å². The lowest BCUT2D eigenvalue weighted by molar-refractivity contribution is -0.193. The molecule has 12 heteroatoms. The minimum atomic E-state index is -3.90. The van der Waals surface area contributed by atoms with Crippen molar-refractivity contribution in [3.63, 3.8) is 0 Å². The number of nitrogens with two attached hydrogens (primary N) is 2. The van der Waals surface area contributed by atoms with Crippen molar-refractivity contribution in [1.82, 2.24) is 9.97 Å². The van der Waals surface area contributed by atoms with Gasteiger partial charge in [-0.3, -0.25) is 9.97 Å². The number of nitrogens with zero attached hydrogens (tertiary/aromatic N) is 2. The van der Waals surface area contributed by atoms with Gasteiger partial charge in [-0.1, -0.05) is 96.1 Å². The molecule has 4 aromatic carbocycles. The number of rotatable bonds is 10. The quantitative estimate of drug-likeness (QED) is 0.103. The Balaban J connectivity index is 0.000000214. The Morgan fingerprint density at radius 2 is 0.768 bits per heavy atom. The van der Waals surface area contributed by atoms with Crippen LogP contribution < -0.4 is 11.5 Å². The molecule has 2 aromatic heterocycles. The lowest BCUT2D eigenvalue weighted by Gasteiger charge is -2.35. The molecule has 0 aliphatic carbocycles. The van der Waals surface area contributed by atoms with Gasteiger partial charge in [0.1, 0.15) is 23.0 Å². The van der Waals surface area contributed by atoms with E-state index in [0.717, 1.165) is 58.7 Å². The zero-order valence-corrected chi connectivity index (χ0v) is 31.2. The predicted molar refractivity (Wildman–Crippen MR) is 205 cm³/mol. The van der Waals surface area contributed by atoms with Crippen molar-refractivity contribution in [2.75, 3.05) is 13.1 Å². The van der Waals surface area contributed by atoms with Crippen LogP contribution in [-0.4, -0.2) is 33.3 Å². The first-order chi connectivity index (χ1) is 26.4. The van der Waals surface area contributed by atoms with E-state index in [-0.39, 0.29) is 0 Å². The molecular weight excluding hydrogens is 730 g/mol. The van der Waals surface area contributed by atoms with Gasteiger partial charge < -0.3 is 21.7 Å². The van der Waals surface area contributed by atoms with Crippen LogP contribution in [0.2, 0.25) is 0 Å². The van der Waals surface area contributed by atoms with Gasteiger partial charge in [0.25, 0.3) is 0 Å². The molecule has 0 radical (unpaired) electrons. The molecule has 2 atom stereocenters. The molecule has 6 N–H and O–H groups in total. The van der Waals surface area contributed by atoms with E-state index < -0.39 is 70.3 Å². The number of pyridine rings is 2. The van der Waals surface area contributed by atoms with E-state index in [1.807, 2.05) is 62.4 Å². The van der Waals surface area contributed by atoms with Gasteiger partial charge in [-0.25, -0.2) is 8.78 Å². The standard InChI is InChI=1S/2C22H21F3N2O/c2*1-14-3-6-16(7-4-14)17-8-10-20(27-12-17)22(24,25)21(28,13-26)18-9-5-15(2)11-19(18)23/h2*3-12,28H,13,26H2,1-2H3/t2*21-/m10/s1. The van der Waals surface area contributed by atoms with E-state index in [1.165, 1.54) is 36.7 Å². The van der Waals surface area contributed by atoms with Crippen LogP contribution in [0.15, 0.2) is 122 Å². The maximum absolute atomic E-state index is 15.2. The zero-order chi connectivity index (χ0) is 41.1. The largest absolute Gasteiger partial charge is 0.377 e. The summed E-state index contributed by atoms with van der Waals surface area (Å²) in [6.07, 6.45) is 2.60. The van der Waals surface area contributed by atoms with Crippen molar-refractivity contribution >= 4 is 0 Å². The summed E-state index contributed by atoms with van der Waals surface area (Å²) in [6, 6.07) is 27.6. The van der Waals surface area contributed by atoms with E-state index in [0.29, 0.717) is 22.3 Å². The van der Waals surface area contributed by atoms with Gasteiger partial charge in [0.2, 0.25) is 0 Å². The van der Waals surface area contributed by atoms with Crippen molar-refractivity contribution in [2.24, 2.45) is 11.5 Å². The fraction of sp³-hybridized carbons (Fsp3) is 0.227. The SMILES string of the molecule is Cc1ccc(-c2ccc(C(F)(F)[C@@](O)(CN)c3ccc(C)cc3F)nc2)cc1.Cc1ccc(-c2ccc(C(F)(F)[C@](O)(CN)c3ccc(C)cc3F)nc2)cc1. The summed E-state index contributed by atoms with van der Waals surface area (Å²) in [4.78, 5) is 7.70. The predicted octanol–water partition coefficient (Wildman–Crippen LogP) is 8.89. The maximum Gasteiger partial charge on any atom is 0.323 e. The summed E-state index contributed by atoms with van der Waals surface area (Å²) in [6.45, 7) is 5.39. The Hall–Kier alpha value is -5.40. The first-order valence-electron chi connectivity index (χ1n) is 17.6. The van der Waals surface area contributed by atoms with Crippen molar-refractivity contribution in [2.45, 2.75) is 50.7 Å². The van der Waals surface area contributed by atoms with Gasteiger partial charge in [-0.05, 0) is 74.2 Å². The Morgan fingerprint density at radius 3 is 1.04 bits per heavy atom. The maximum atomic E-state index is 15.2. The normalized spacial score (nSPS) is 14.0. The summed E-state index contributed by atoms with van der Waals surface area (Å²) in [5, 5.41) is 21.4. The van der Waals surface area contributed by atoms with Crippen molar-refractivity contribution in [3.8, 4) is 22.3 Å². The number of hydrogen-bond acceptors (Lipinski definition) is 6. The molecule has 0 aliphatic rings. The number of aryl methyl sites for hydroxylation is 4. The van der Waals surface area contributed by atoms with Crippen molar-refractivity contribution in [1.29, 1.82) is 0 Å². The van der Waals surface area contributed by atoms with Gasteiger partial charge in [0.15, 0.2) is 11.2 Å². The average molecular weight is 773 g/mol. The zero-order valence-electron chi connectivity index (χ0n) is 31.2. The molecule has 6 aromatic rings. The fourth-order valence-corrected chi connectivity index (χ4v) is 6.14. The van der Waals surface area contributed by atoms with Crippen LogP contribution in [0.5, 0.6) is 0 Å². The van der Waals surface area contributed by atoms with E-state index >= 15 is 17.6 Å². The Bertz CT molecular complexity index is 2110. The number of aromatic nitrogens is 2. The lowest BCUT2D eigenvalue weighted by Crippen LogP contribution is -2.50. The summed E-state index contributed by atoms with van der Waals surface area (Å²) >= 11 is 0. The molecule has 0 spiro atoms. The smallest absolute Gasteiger partial charge is 0.323 e. The summed E-state index contributed by atoms with van der Waals surface area (Å²) in [7, 11) is 0. The van der Waals surface area contributed by atoms with Gasteiger partial charge >= 0.3 is 11.8 Å². The molecule has 0 amide bonds. The van der Waals surface area contributed by atoms with Crippen LogP contribution in [0.4, 0.5) is 26.3 Å². The Morgan fingerprint density at radius 1 is 0.464 bits per heavy atom. The third-order valence-corrected chi connectivity index (χ3v) is 9.71. The molecule has 0 aliphatic heterocycles. The molecular formula is C44H42F6N4O2. The van der Waals surface area contributed by atoms with Gasteiger partial charge in [-0.15, -0.1) is 0 Å². The third kappa shape index (κ3) is 8.10. The number of benzene rings is 4. The Labute approximate surface area is 321 Å². The second-order valence-electron chi connectivity index (χ2n) is 13.8. The molecule has 0 saturated carbocycles. The average Bonchev–Trinajstić information content (AvgIpc) is 3.18. The molecule has 6 nitrogen and oxygen atoms in total. The van der Waals surface area contributed by atoms with Gasteiger partial charge in [0.05, 0.1) is 0 Å². The van der Waals surface area contributed by atoms with Crippen molar-refractivity contribution < 1.29 is 36.6 Å². The third-order valence-electron chi connectivity index (χ3n) is 9.71. The summed E-state index contributed by atoms with van der Waals surface area (Å²) < 4.78 is 89.5. The number of halogens is 6. The van der Waals surface area contributed by atoms with Gasteiger partial charge in [0, 0.05) is 47.7 Å². The highest BCUT2D eigenvalue weighted by atomic mass is 19.3. The second-order valence-corrected chi connectivity index (χ2v) is 13.8. The number of hydrogen-bond donors (Lipinski definition) is 4. The molecule has 6 rings (SSSR count). The van der Waals surface area contributed by atoms with Crippen LogP contribution in [0.3, 0.4) is 0 Å². The van der Waals surface area contributed by atoms with Crippen LogP contribution in [0.25, 0.3) is 22.3 Å². The topological polar surface area (TPSA) is 118 Å². The number of alkyl halides is 4. The molecule has 56 heavy (non-hydrogen) atoms. The monoisotopic (exact) mass is 772 g/mol. The van der Waals surface area contributed by atoms with Crippen LogP contribution >= 0.6 is 0 Å². The second kappa shape index (κ2) is 16.4. The van der Waals surface area contributed by atoms with Crippen LogP contribution in [0.1, 0.15) is 44.8 Å². The molecule has 2 heterocycles. The summed E-state index contributed by atoms with van der Waals surface area (Å²) in [5.41, 5.74) is 8.81. The minimum Gasteiger partial charge on any atom is -0.377 e. The summed E-state index contributed by atoms with van der Waals surface area (Å²) in [5.74, 6) is -9.68. The first kappa shape index (κ1) is 41.8. The van der Waals surface area contributed by atoms with Crippen LogP contribution in [-0.2, 0) is 23.0 Å². The number of aliphatic hydroxyl groups is 2. The molecule has 0 unspecified atom stereocenters. The lowest BCUT2D eigenvalue weighted by atomic mass is 9.84. The van der Waals surface area contributed by atoms with Crippen molar-refractivity contribution in [3.05, 3.63) is 178 Å². The molecule has 292 valence electrons. The fourth-order valence-electron chi connectivity index (χ4n) is 6.14. The molecule has 0 saturated heterocycles.